The molecule has 2 heterocycles. The van der Waals surface area contributed by atoms with Crippen LogP contribution < -0.4 is 10.0 Å². The fraction of sp³-hybridized carbons (Fsp3) is 0.600. The van der Waals surface area contributed by atoms with Crippen LogP contribution in [-0.4, -0.2) is 27.5 Å². The lowest BCUT2D eigenvalue weighted by Gasteiger charge is -2.23. The van der Waals surface area contributed by atoms with Crippen molar-refractivity contribution in [2.24, 2.45) is 0 Å². The minimum Gasteiger partial charge on any atom is -0.315 e. The van der Waals surface area contributed by atoms with E-state index in [4.69, 9.17) is 0 Å². The average Bonchev–Trinajstić information content (AvgIpc) is 2.59. The zero-order valence-corrected chi connectivity index (χ0v) is 12.7. The minimum absolute atomic E-state index is 0.00632. The predicted molar refractivity (Wildman–Crippen MR) is 73.0 cm³/mol. The van der Waals surface area contributed by atoms with E-state index in [9.17, 15) is 8.42 Å². The maximum absolute atomic E-state index is 12.2. The number of aryl methyl sites for hydroxylation is 1. The van der Waals surface area contributed by atoms with Crippen LogP contribution in [0.4, 0.5) is 0 Å². The molecule has 1 aliphatic heterocycles. The van der Waals surface area contributed by atoms with Gasteiger partial charge in [-0.2, -0.15) is 0 Å². The van der Waals surface area contributed by atoms with Crippen molar-refractivity contribution in [3.05, 3.63) is 14.7 Å². The number of hydrogen-bond acceptors (Lipinski definition) is 4. The molecule has 0 radical (unpaired) electrons. The fourth-order valence-corrected chi connectivity index (χ4v) is 5.62. The van der Waals surface area contributed by atoms with Crippen LogP contribution in [0.2, 0.25) is 0 Å². The van der Waals surface area contributed by atoms with Gasteiger partial charge in [-0.3, -0.25) is 0 Å². The number of halogens is 1. The number of sulfonamides is 1. The summed E-state index contributed by atoms with van der Waals surface area (Å²) in [6, 6.07) is 1.67. The molecule has 2 N–H and O–H groups in total. The van der Waals surface area contributed by atoms with Gasteiger partial charge >= 0.3 is 0 Å². The van der Waals surface area contributed by atoms with E-state index in [1.54, 1.807) is 6.07 Å². The highest BCUT2D eigenvalue weighted by atomic mass is 79.9. The summed E-state index contributed by atoms with van der Waals surface area (Å²) in [5.74, 6) is 0. The second-order valence-electron chi connectivity index (χ2n) is 4.14. The van der Waals surface area contributed by atoms with E-state index in [1.807, 2.05) is 6.92 Å². The highest BCUT2D eigenvalue weighted by molar-refractivity contribution is 9.11. The highest BCUT2D eigenvalue weighted by Crippen LogP contribution is 2.29. The van der Waals surface area contributed by atoms with E-state index in [0.717, 1.165) is 28.0 Å². The molecule has 0 aliphatic carbocycles. The first-order valence-electron chi connectivity index (χ1n) is 5.48. The Balaban J connectivity index is 2.15. The number of rotatable bonds is 3. The third-order valence-electron chi connectivity index (χ3n) is 2.75. The maximum Gasteiger partial charge on any atom is 0.241 e. The third-order valence-corrected chi connectivity index (χ3v) is 6.08. The summed E-state index contributed by atoms with van der Waals surface area (Å²) in [6.07, 6.45) is 1.91. The lowest BCUT2D eigenvalue weighted by atomic mass is 10.1. The van der Waals surface area contributed by atoms with Crippen molar-refractivity contribution in [1.29, 1.82) is 0 Å². The van der Waals surface area contributed by atoms with Crippen molar-refractivity contribution < 1.29 is 8.42 Å². The van der Waals surface area contributed by atoms with Crippen LogP contribution in [0.1, 0.15) is 17.7 Å². The molecule has 1 aromatic rings. The number of nitrogens with one attached hydrogen (secondary N) is 2. The van der Waals surface area contributed by atoms with Crippen molar-refractivity contribution in [3.8, 4) is 0 Å². The van der Waals surface area contributed by atoms with Crippen molar-refractivity contribution in [2.75, 3.05) is 13.1 Å². The Bertz CT molecular complexity index is 492. The van der Waals surface area contributed by atoms with Gasteiger partial charge in [-0.25, -0.2) is 13.1 Å². The summed E-state index contributed by atoms with van der Waals surface area (Å²) < 4.78 is 28.0. The molecule has 0 spiro atoms. The molecule has 0 amide bonds. The molecule has 4 nitrogen and oxygen atoms in total. The Hall–Kier alpha value is 0.0500. The molecule has 96 valence electrons. The molecule has 0 saturated carbocycles. The van der Waals surface area contributed by atoms with E-state index < -0.39 is 10.0 Å². The third kappa shape index (κ3) is 3.29. The Labute approximate surface area is 114 Å². The monoisotopic (exact) mass is 338 g/mol. The zero-order valence-electron chi connectivity index (χ0n) is 9.49. The van der Waals surface area contributed by atoms with Crippen molar-refractivity contribution in [3.63, 3.8) is 0 Å². The van der Waals surface area contributed by atoms with Gasteiger partial charge in [0, 0.05) is 17.5 Å². The highest BCUT2D eigenvalue weighted by Gasteiger charge is 2.24. The Morgan fingerprint density at radius 1 is 1.59 bits per heavy atom. The Morgan fingerprint density at radius 2 is 2.35 bits per heavy atom. The SMILES string of the molecule is Cc1sc(Br)cc1S(=O)(=O)N[C@@H]1CCCNC1. The van der Waals surface area contributed by atoms with E-state index in [-0.39, 0.29) is 6.04 Å². The molecule has 1 fully saturated rings. The maximum atomic E-state index is 12.2. The molecule has 1 aliphatic rings. The average molecular weight is 339 g/mol. The van der Waals surface area contributed by atoms with Gasteiger partial charge in [-0.05, 0) is 48.3 Å². The van der Waals surface area contributed by atoms with Gasteiger partial charge in [-0.15, -0.1) is 11.3 Å². The van der Waals surface area contributed by atoms with Crippen LogP contribution in [0.25, 0.3) is 0 Å². The second-order valence-corrected chi connectivity index (χ2v) is 8.45. The first-order valence-corrected chi connectivity index (χ1v) is 8.57. The van der Waals surface area contributed by atoms with Crippen LogP contribution in [0, 0.1) is 6.92 Å². The topological polar surface area (TPSA) is 58.2 Å². The largest absolute Gasteiger partial charge is 0.315 e. The van der Waals surface area contributed by atoms with Gasteiger partial charge < -0.3 is 5.32 Å². The summed E-state index contributed by atoms with van der Waals surface area (Å²) in [7, 11) is -3.38. The first-order chi connectivity index (χ1) is 7.99. The van der Waals surface area contributed by atoms with Gasteiger partial charge in [0.1, 0.15) is 0 Å². The Morgan fingerprint density at radius 3 is 2.88 bits per heavy atom. The van der Waals surface area contributed by atoms with E-state index in [0.29, 0.717) is 11.4 Å². The lowest BCUT2D eigenvalue weighted by molar-refractivity contribution is 0.428. The van der Waals surface area contributed by atoms with Crippen LogP contribution >= 0.6 is 27.3 Å². The van der Waals surface area contributed by atoms with Crippen molar-refractivity contribution in [1.82, 2.24) is 10.0 Å². The quantitative estimate of drug-likeness (QED) is 0.884. The predicted octanol–water partition coefficient (Wildman–Crippen LogP) is 1.85. The van der Waals surface area contributed by atoms with Crippen LogP contribution in [0.5, 0.6) is 0 Å². The molecule has 1 aromatic heterocycles. The first kappa shape index (κ1) is 13.5. The van der Waals surface area contributed by atoms with Crippen molar-refractivity contribution in [2.45, 2.75) is 30.7 Å². The molecule has 2 rings (SSSR count). The summed E-state index contributed by atoms with van der Waals surface area (Å²) >= 11 is 4.75. The normalized spacial score (nSPS) is 21.6. The van der Waals surface area contributed by atoms with Gasteiger partial charge in [-0.1, -0.05) is 0 Å². The summed E-state index contributed by atoms with van der Waals surface area (Å²) in [5, 5.41) is 3.20. The standard InChI is InChI=1S/C10H15BrN2O2S2/c1-7-9(5-10(11)16-7)17(14,15)13-8-3-2-4-12-6-8/h5,8,12-13H,2-4,6H2,1H3/t8-/m1/s1. The summed E-state index contributed by atoms with van der Waals surface area (Å²) in [6.45, 7) is 3.51. The Kier molecular flexibility index (Phi) is 4.25. The second kappa shape index (κ2) is 5.36. The molecule has 7 heteroatoms. The fourth-order valence-electron chi connectivity index (χ4n) is 1.93. The summed E-state index contributed by atoms with van der Waals surface area (Å²) in [4.78, 5) is 1.20. The molecule has 0 bridgehead atoms. The van der Waals surface area contributed by atoms with Gasteiger partial charge in [0.05, 0.1) is 8.68 Å². The molecule has 17 heavy (non-hydrogen) atoms. The molecule has 0 unspecified atom stereocenters. The summed E-state index contributed by atoms with van der Waals surface area (Å²) in [5.41, 5.74) is 0. The molecule has 1 saturated heterocycles. The molecular formula is C10H15BrN2O2S2. The molecule has 0 aromatic carbocycles. The van der Waals surface area contributed by atoms with Crippen LogP contribution in [0.15, 0.2) is 14.7 Å². The lowest BCUT2D eigenvalue weighted by Crippen LogP contribution is -2.45. The molecular weight excluding hydrogens is 324 g/mol. The van der Waals surface area contributed by atoms with Crippen LogP contribution in [-0.2, 0) is 10.0 Å². The van der Waals surface area contributed by atoms with E-state index >= 15 is 0 Å². The molecule has 1 atom stereocenters. The van der Waals surface area contributed by atoms with E-state index in [1.165, 1.54) is 11.3 Å². The van der Waals surface area contributed by atoms with E-state index in [2.05, 4.69) is 26.0 Å². The van der Waals surface area contributed by atoms with Gasteiger partial charge in [0.15, 0.2) is 0 Å². The minimum atomic E-state index is -3.38. The van der Waals surface area contributed by atoms with Crippen molar-refractivity contribution >= 4 is 37.3 Å². The van der Waals surface area contributed by atoms with Gasteiger partial charge in [0.2, 0.25) is 10.0 Å². The number of piperidine rings is 1. The number of thiophene rings is 1. The zero-order chi connectivity index (χ0) is 12.5. The smallest absolute Gasteiger partial charge is 0.241 e. The van der Waals surface area contributed by atoms with Gasteiger partial charge in [0.25, 0.3) is 0 Å². The van der Waals surface area contributed by atoms with Crippen LogP contribution in [0.3, 0.4) is 0 Å². The number of hydrogen-bond donors (Lipinski definition) is 2.